The van der Waals surface area contributed by atoms with Gasteiger partial charge in [-0.25, -0.2) is 19.2 Å². The lowest BCUT2D eigenvalue weighted by atomic mass is 9.96. The van der Waals surface area contributed by atoms with Gasteiger partial charge in [0.05, 0.1) is 21.6 Å². The molecule has 1 aliphatic heterocycles. The number of halogens is 2. The molecule has 0 aliphatic carbocycles. The molecule has 0 radical (unpaired) electrons. The molecule has 4 heterocycles. The zero-order chi connectivity index (χ0) is 40.3. The molecule has 1 N–H and O–H groups in total. The number of piperazine rings is 1. The Morgan fingerprint density at radius 3 is 2.47 bits per heavy atom. The van der Waals surface area contributed by atoms with Crippen molar-refractivity contribution in [1.82, 2.24) is 29.5 Å². The van der Waals surface area contributed by atoms with Crippen LogP contribution < -0.4 is 14.2 Å². The van der Waals surface area contributed by atoms with Crippen LogP contribution in [0.1, 0.15) is 37.6 Å². The van der Waals surface area contributed by atoms with Crippen LogP contribution in [0.3, 0.4) is 0 Å². The molecule has 0 amide bonds. The first-order valence-electron chi connectivity index (χ1n) is 18.9. The highest BCUT2D eigenvalue weighted by atomic mass is 35.5. The summed E-state index contributed by atoms with van der Waals surface area (Å²) in [7, 11) is 2.13. The van der Waals surface area contributed by atoms with E-state index in [4.69, 9.17) is 25.8 Å². The van der Waals surface area contributed by atoms with Gasteiger partial charge < -0.3 is 24.2 Å². The summed E-state index contributed by atoms with van der Waals surface area (Å²) in [5.41, 5.74) is 4.25. The van der Waals surface area contributed by atoms with Crippen molar-refractivity contribution < 1.29 is 28.5 Å². The molecule has 0 spiro atoms. The Labute approximate surface area is 340 Å². The molecule has 11 nitrogen and oxygen atoms in total. The Morgan fingerprint density at radius 2 is 1.74 bits per heavy atom. The van der Waals surface area contributed by atoms with Gasteiger partial charge in [0.2, 0.25) is 12.0 Å². The predicted molar refractivity (Wildman–Crippen MR) is 221 cm³/mol. The summed E-state index contributed by atoms with van der Waals surface area (Å²) in [5.74, 6) is -0.335. The van der Waals surface area contributed by atoms with Gasteiger partial charge in [-0.15, -0.1) is 11.3 Å². The number of hydrogen-bond acceptors (Lipinski definition) is 10. The molecule has 7 rings (SSSR count). The Hall–Kier alpha value is -5.08. The number of likely N-dealkylation sites (N-methyl/N-ethyl adjacent to an activating group) is 1. The number of carboxylic acids is 1. The number of ether oxygens (including phenoxy) is 3. The molecular weight excluding hydrogens is 767 g/mol. The van der Waals surface area contributed by atoms with E-state index in [0.717, 1.165) is 60.0 Å². The molecule has 1 atom stereocenters. The van der Waals surface area contributed by atoms with Gasteiger partial charge in [-0.2, -0.15) is 5.10 Å². The fourth-order valence-corrected chi connectivity index (χ4v) is 8.35. The number of rotatable bonds is 14. The van der Waals surface area contributed by atoms with Gasteiger partial charge in [0, 0.05) is 55.8 Å². The summed E-state index contributed by atoms with van der Waals surface area (Å²) in [6, 6.07) is 19.2. The number of benzene rings is 3. The molecule has 1 aliphatic rings. The number of hydrogen-bond donors (Lipinski definition) is 1. The minimum absolute atomic E-state index is 0.00908. The van der Waals surface area contributed by atoms with Crippen LogP contribution in [0, 0.1) is 12.7 Å². The van der Waals surface area contributed by atoms with Crippen molar-refractivity contribution in [3.05, 3.63) is 107 Å². The molecular formula is C43H46ClFN6O5S. The largest absolute Gasteiger partial charge is 0.491 e. The maximum Gasteiger partial charge on any atom is 0.345 e. The Bertz CT molecular complexity index is 2350. The normalized spacial score (nSPS) is 14.5. The molecule has 298 valence electrons. The van der Waals surface area contributed by atoms with E-state index in [1.165, 1.54) is 29.8 Å². The second-order valence-corrected chi connectivity index (χ2v) is 16.5. The molecule has 57 heavy (non-hydrogen) atoms. The summed E-state index contributed by atoms with van der Waals surface area (Å²) in [6.45, 7) is 13.7. The van der Waals surface area contributed by atoms with Crippen molar-refractivity contribution in [1.29, 1.82) is 0 Å². The minimum atomic E-state index is -1.34. The van der Waals surface area contributed by atoms with E-state index in [0.29, 0.717) is 44.5 Å². The van der Waals surface area contributed by atoms with Gasteiger partial charge in [0.25, 0.3) is 0 Å². The maximum absolute atomic E-state index is 14.2. The van der Waals surface area contributed by atoms with E-state index in [9.17, 15) is 14.3 Å². The van der Waals surface area contributed by atoms with Crippen molar-refractivity contribution in [2.75, 3.05) is 46.4 Å². The van der Waals surface area contributed by atoms with Crippen LogP contribution in [0.2, 0.25) is 5.02 Å². The summed E-state index contributed by atoms with van der Waals surface area (Å²) in [5, 5.41) is 16.0. The average molecular weight is 813 g/mol. The number of carbonyl (C=O) groups is 1. The van der Waals surface area contributed by atoms with Gasteiger partial charge in [0.1, 0.15) is 41.7 Å². The minimum Gasteiger partial charge on any atom is -0.491 e. The number of nitrogens with zero attached hydrogens (tertiary/aromatic N) is 6. The fourth-order valence-electron chi connectivity index (χ4n) is 6.98. The van der Waals surface area contributed by atoms with Gasteiger partial charge in [-0.05, 0) is 87.3 Å². The van der Waals surface area contributed by atoms with E-state index in [1.54, 1.807) is 18.3 Å². The average Bonchev–Trinajstić information content (AvgIpc) is 3.83. The van der Waals surface area contributed by atoms with Crippen LogP contribution >= 0.6 is 22.9 Å². The first-order valence-corrected chi connectivity index (χ1v) is 20.1. The zero-order valence-electron chi connectivity index (χ0n) is 32.7. The lowest BCUT2D eigenvalue weighted by molar-refractivity contribution is -0.145. The van der Waals surface area contributed by atoms with Gasteiger partial charge in [-0.3, -0.25) is 9.58 Å². The molecule has 3 aromatic carbocycles. The first kappa shape index (κ1) is 40.1. The summed E-state index contributed by atoms with van der Waals surface area (Å²) in [6.07, 6.45) is 1.75. The van der Waals surface area contributed by atoms with Crippen molar-refractivity contribution in [3.63, 3.8) is 0 Å². The van der Waals surface area contributed by atoms with E-state index < -0.39 is 12.1 Å². The molecule has 6 aromatic rings. The summed E-state index contributed by atoms with van der Waals surface area (Å²) >= 11 is 8.42. The van der Waals surface area contributed by atoms with E-state index in [1.807, 2.05) is 54.1 Å². The number of thiophene rings is 1. The highest BCUT2D eigenvalue weighted by Gasteiger charge is 2.29. The van der Waals surface area contributed by atoms with Crippen LogP contribution in [-0.2, 0) is 23.4 Å². The van der Waals surface area contributed by atoms with Crippen LogP contribution in [0.4, 0.5) is 4.39 Å². The van der Waals surface area contributed by atoms with Crippen molar-refractivity contribution >= 4 is 39.1 Å². The second kappa shape index (κ2) is 17.2. The Morgan fingerprint density at radius 1 is 0.982 bits per heavy atom. The number of fused-ring (bicyclic) bond motifs is 1. The van der Waals surface area contributed by atoms with Crippen molar-refractivity contribution in [3.8, 4) is 38.9 Å². The Balaban J connectivity index is 1.21. The molecule has 0 unspecified atom stereocenters. The van der Waals surface area contributed by atoms with Gasteiger partial charge in [-0.1, -0.05) is 48.0 Å². The number of aliphatic carboxylic acids is 1. The summed E-state index contributed by atoms with van der Waals surface area (Å²) in [4.78, 5) is 28.1. The van der Waals surface area contributed by atoms with Gasteiger partial charge in [0.15, 0.2) is 0 Å². The molecule has 0 bridgehead atoms. The zero-order valence-corrected chi connectivity index (χ0v) is 34.2. The molecule has 1 fully saturated rings. The van der Waals surface area contributed by atoms with Crippen LogP contribution in [0.25, 0.3) is 31.8 Å². The highest BCUT2D eigenvalue weighted by molar-refractivity contribution is 7.22. The van der Waals surface area contributed by atoms with Crippen LogP contribution in [0.15, 0.2) is 79.3 Å². The quantitative estimate of drug-likeness (QED) is 0.115. The van der Waals surface area contributed by atoms with E-state index in [2.05, 4.69) is 52.7 Å². The van der Waals surface area contributed by atoms with E-state index in [-0.39, 0.29) is 30.3 Å². The first-order chi connectivity index (χ1) is 27.4. The third-order valence-electron chi connectivity index (χ3n) is 10.1. The fraction of sp³-hybridized carbons (Fsp3) is 0.349. The number of para-hydroxylation sites is 1. The van der Waals surface area contributed by atoms with Crippen molar-refractivity contribution in [2.45, 2.75) is 52.4 Å². The van der Waals surface area contributed by atoms with E-state index >= 15 is 0 Å². The molecule has 14 heteroatoms. The molecule has 0 saturated carbocycles. The standard InChI is InChI=1S/C43H46ClFN6O5S/c1-27-32(14-15-34(38(27)44)54-23-22-50-20-18-49(5)19-21-50)36-37-40(46-26-47-41(37)57-39(36)28-10-12-30(45)13-11-28)56-35(42(52)53)24-29-8-6-7-9-33(29)55-25-31-16-17-48-51(31)43(2,3)4/h6-17,26,35H,18-25H2,1-5H3,(H,52,53)/t35-/m1/s1. The maximum atomic E-state index is 14.2. The topological polar surface area (TPSA) is 115 Å². The SMILES string of the molecule is Cc1c(-c2c(-c3ccc(F)cc3)sc3ncnc(O[C@H](Cc4ccccc4OCc4ccnn4C(C)(C)C)C(=O)O)c23)ccc(OCCN2CCN(C)CC2)c1Cl. The number of carboxylic acid groups (broad SMARTS) is 1. The van der Waals surface area contributed by atoms with Gasteiger partial charge >= 0.3 is 5.97 Å². The van der Waals surface area contributed by atoms with Crippen molar-refractivity contribution in [2.24, 2.45) is 0 Å². The lowest BCUT2D eigenvalue weighted by Crippen LogP contribution is -2.45. The second-order valence-electron chi connectivity index (χ2n) is 15.2. The predicted octanol–water partition coefficient (Wildman–Crippen LogP) is 8.36. The molecule has 1 saturated heterocycles. The third kappa shape index (κ3) is 9.07. The lowest BCUT2D eigenvalue weighted by Gasteiger charge is -2.32. The number of aromatic nitrogens is 4. The monoisotopic (exact) mass is 812 g/mol. The summed E-state index contributed by atoms with van der Waals surface area (Å²) < 4.78 is 34.9. The van der Waals surface area contributed by atoms with Crippen LogP contribution in [-0.4, -0.2) is 93.1 Å². The van der Waals surface area contributed by atoms with Crippen LogP contribution in [0.5, 0.6) is 17.4 Å². The molecule has 3 aromatic heterocycles. The third-order valence-corrected chi connectivity index (χ3v) is 11.7. The highest BCUT2D eigenvalue weighted by Crippen LogP contribution is 2.49. The Kier molecular flexibility index (Phi) is 12.1. The smallest absolute Gasteiger partial charge is 0.345 e.